The fourth-order valence-corrected chi connectivity index (χ4v) is 5.38. The van der Waals surface area contributed by atoms with Crippen LogP contribution < -0.4 is 9.64 Å². The largest absolute Gasteiger partial charge is 0.493 e. The molecule has 5 nitrogen and oxygen atoms in total. The van der Waals surface area contributed by atoms with Crippen LogP contribution in [0.25, 0.3) is 0 Å². The summed E-state index contributed by atoms with van der Waals surface area (Å²) in [6.07, 6.45) is 1.86. The van der Waals surface area contributed by atoms with Crippen molar-refractivity contribution in [2.75, 3.05) is 31.1 Å². The van der Waals surface area contributed by atoms with E-state index < -0.39 is 0 Å². The lowest BCUT2D eigenvalue weighted by Gasteiger charge is -2.30. The van der Waals surface area contributed by atoms with Crippen LogP contribution in [-0.4, -0.2) is 46.5 Å². The van der Waals surface area contributed by atoms with E-state index in [0.717, 1.165) is 36.2 Å². The molecule has 0 unspecified atom stereocenters. The van der Waals surface area contributed by atoms with E-state index in [0.29, 0.717) is 11.9 Å². The number of fused-ring (bicyclic) bond motifs is 1. The van der Waals surface area contributed by atoms with Crippen LogP contribution in [0.4, 0.5) is 5.69 Å². The van der Waals surface area contributed by atoms with E-state index >= 15 is 0 Å². The van der Waals surface area contributed by atoms with Crippen LogP contribution >= 0.6 is 11.8 Å². The normalized spacial score (nSPS) is 23.1. The number of amidine groups is 1. The van der Waals surface area contributed by atoms with Gasteiger partial charge in [0.25, 0.3) is 0 Å². The fraction of sp³-hybridized carbons (Fsp3) is 0.478. The average molecular weight is 411 g/mol. The summed E-state index contributed by atoms with van der Waals surface area (Å²) >= 11 is 1.87. The van der Waals surface area contributed by atoms with Crippen LogP contribution in [0.15, 0.2) is 47.6 Å². The Kier molecular flexibility index (Phi) is 5.99. The molecular formula is C23H30N4OS. The molecule has 1 aromatic heterocycles. The third-order valence-electron chi connectivity index (χ3n) is 5.63. The van der Waals surface area contributed by atoms with Crippen molar-refractivity contribution in [3.8, 4) is 5.75 Å². The quantitative estimate of drug-likeness (QED) is 0.648. The van der Waals surface area contributed by atoms with Crippen molar-refractivity contribution in [1.29, 1.82) is 0 Å². The number of hydrogen-bond acceptors (Lipinski definition) is 6. The van der Waals surface area contributed by atoms with Crippen molar-refractivity contribution >= 4 is 22.6 Å². The summed E-state index contributed by atoms with van der Waals surface area (Å²) in [5, 5.41) is 1.68. The molecule has 0 bridgehead atoms. The SMILES string of the molecule is CCOc1cc(N(CC)CC)ccc1[C@@H]1[C@H](c2ccccn2)N=C2S[C@H](C)CN21. The minimum absolute atomic E-state index is 0.00953. The first-order valence-electron chi connectivity index (χ1n) is 10.6. The standard InChI is InChI=1S/C23H30N4OS/c1-5-26(6-2)17-11-12-18(20(14-17)28-7-3)22-21(19-10-8-9-13-24-19)25-23-27(22)15-16(4)29-23/h8-14,16,21-22H,5-7,15H2,1-4H3/t16-,21+,22-/m1/s1. The van der Waals surface area contributed by atoms with Crippen LogP contribution in [-0.2, 0) is 0 Å². The first kappa shape index (κ1) is 20.1. The predicted molar refractivity (Wildman–Crippen MR) is 122 cm³/mol. The topological polar surface area (TPSA) is 41.0 Å². The average Bonchev–Trinajstić information content (AvgIpc) is 3.26. The molecule has 4 rings (SSSR count). The Labute approximate surface area is 178 Å². The van der Waals surface area contributed by atoms with Gasteiger partial charge in [-0.05, 0) is 39.0 Å². The van der Waals surface area contributed by atoms with Crippen LogP contribution in [0.2, 0.25) is 0 Å². The number of benzene rings is 1. The highest BCUT2D eigenvalue weighted by Crippen LogP contribution is 2.50. The van der Waals surface area contributed by atoms with E-state index in [2.05, 4.69) is 66.7 Å². The van der Waals surface area contributed by atoms with E-state index in [1.807, 2.05) is 30.1 Å². The van der Waals surface area contributed by atoms with Crippen LogP contribution in [0.5, 0.6) is 5.75 Å². The predicted octanol–water partition coefficient (Wildman–Crippen LogP) is 4.92. The number of rotatable bonds is 7. The van der Waals surface area contributed by atoms with Crippen molar-refractivity contribution in [3.63, 3.8) is 0 Å². The van der Waals surface area contributed by atoms with Crippen molar-refractivity contribution in [2.24, 2.45) is 4.99 Å². The summed E-state index contributed by atoms with van der Waals surface area (Å²) < 4.78 is 6.16. The molecule has 1 saturated heterocycles. The number of anilines is 1. The number of nitrogens with zero attached hydrogens (tertiary/aromatic N) is 4. The van der Waals surface area contributed by atoms with Gasteiger partial charge in [-0.2, -0.15) is 0 Å². The lowest BCUT2D eigenvalue weighted by atomic mass is 9.95. The van der Waals surface area contributed by atoms with E-state index in [1.54, 1.807) is 0 Å². The number of aliphatic imine (C=N–C) groups is 1. The van der Waals surface area contributed by atoms with Gasteiger partial charge in [-0.25, -0.2) is 0 Å². The zero-order valence-corrected chi connectivity index (χ0v) is 18.5. The molecule has 154 valence electrons. The number of thioether (sulfide) groups is 1. The van der Waals surface area contributed by atoms with Crippen molar-refractivity contribution in [2.45, 2.75) is 45.0 Å². The molecule has 1 fully saturated rings. The second-order valence-corrected chi connectivity index (χ2v) is 8.87. The van der Waals surface area contributed by atoms with Crippen molar-refractivity contribution < 1.29 is 4.74 Å². The van der Waals surface area contributed by atoms with Gasteiger partial charge in [-0.3, -0.25) is 9.98 Å². The first-order valence-corrected chi connectivity index (χ1v) is 11.5. The molecule has 6 heteroatoms. The highest BCUT2D eigenvalue weighted by Gasteiger charge is 2.44. The highest BCUT2D eigenvalue weighted by molar-refractivity contribution is 8.14. The summed E-state index contributed by atoms with van der Waals surface area (Å²) in [5.41, 5.74) is 3.43. The number of pyridine rings is 1. The summed E-state index contributed by atoms with van der Waals surface area (Å²) in [5.74, 6) is 0.962. The molecule has 0 spiro atoms. The van der Waals surface area contributed by atoms with Crippen LogP contribution in [0.3, 0.4) is 0 Å². The van der Waals surface area contributed by atoms with Crippen molar-refractivity contribution in [3.05, 3.63) is 53.9 Å². The van der Waals surface area contributed by atoms with Gasteiger partial charge in [0, 0.05) is 48.4 Å². The maximum atomic E-state index is 6.16. The van der Waals surface area contributed by atoms with E-state index in [4.69, 9.17) is 9.73 Å². The molecule has 3 atom stereocenters. The minimum Gasteiger partial charge on any atom is -0.493 e. The Morgan fingerprint density at radius 2 is 2.00 bits per heavy atom. The van der Waals surface area contributed by atoms with Crippen molar-refractivity contribution in [1.82, 2.24) is 9.88 Å². The van der Waals surface area contributed by atoms with Crippen LogP contribution in [0, 0.1) is 0 Å². The Bertz CT molecular complexity index is 868. The van der Waals surface area contributed by atoms with Gasteiger partial charge in [0.15, 0.2) is 5.17 Å². The summed E-state index contributed by atoms with van der Waals surface area (Å²) in [6.45, 7) is 12.3. The maximum absolute atomic E-state index is 6.16. The van der Waals surface area contributed by atoms with Gasteiger partial charge in [0.1, 0.15) is 11.8 Å². The van der Waals surface area contributed by atoms with Gasteiger partial charge in [-0.1, -0.05) is 30.8 Å². The van der Waals surface area contributed by atoms with Gasteiger partial charge >= 0.3 is 0 Å². The summed E-state index contributed by atoms with van der Waals surface area (Å²) in [4.78, 5) is 14.5. The van der Waals surface area contributed by atoms with Gasteiger partial charge in [0.05, 0.1) is 18.3 Å². The fourth-order valence-electron chi connectivity index (χ4n) is 4.29. The Morgan fingerprint density at radius 1 is 1.17 bits per heavy atom. The maximum Gasteiger partial charge on any atom is 0.160 e. The molecular weight excluding hydrogens is 380 g/mol. The molecule has 2 aliphatic heterocycles. The molecule has 0 aliphatic carbocycles. The number of aromatic nitrogens is 1. The molecule has 2 aliphatic rings. The molecule has 2 aromatic rings. The second-order valence-electron chi connectivity index (χ2n) is 7.46. The lowest BCUT2D eigenvalue weighted by Crippen LogP contribution is -2.29. The van der Waals surface area contributed by atoms with Crippen LogP contribution in [0.1, 0.15) is 51.0 Å². The smallest absolute Gasteiger partial charge is 0.160 e. The molecule has 3 heterocycles. The molecule has 1 aromatic carbocycles. The molecule has 0 radical (unpaired) electrons. The minimum atomic E-state index is -0.00953. The molecule has 0 amide bonds. The summed E-state index contributed by atoms with van der Waals surface area (Å²) in [6, 6.07) is 12.9. The Morgan fingerprint density at radius 3 is 2.69 bits per heavy atom. The number of hydrogen-bond donors (Lipinski definition) is 0. The third kappa shape index (κ3) is 3.82. The Balaban J connectivity index is 1.78. The summed E-state index contributed by atoms with van der Waals surface area (Å²) in [7, 11) is 0. The van der Waals surface area contributed by atoms with Gasteiger partial charge in [0.2, 0.25) is 0 Å². The highest BCUT2D eigenvalue weighted by atomic mass is 32.2. The lowest BCUT2D eigenvalue weighted by molar-refractivity contribution is 0.292. The molecule has 0 saturated carbocycles. The van der Waals surface area contributed by atoms with E-state index in [1.165, 1.54) is 11.3 Å². The van der Waals surface area contributed by atoms with E-state index in [-0.39, 0.29) is 12.1 Å². The zero-order valence-electron chi connectivity index (χ0n) is 17.7. The first-order chi connectivity index (χ1) is 14.2. The van der Waals surface area contributed by atoms with E-state index in [9.17, 15) is 0 Å². The number of ether oxygens (including phenoxy) is 1. The van der Waals surface area contributed by atoms with Gasteiger partial charge in [-0.15, -0.1) is 0 Å². The van der Waals surface area contributed by atoms with Gasteiger partial charge < -0.3 is 14.5 Å². The third-order valence-corrected chi connectivity index (χ3v) is 6.73. The second kappa shape index (κ2) is 8.66. The monoisotopic (exact) mass is 410 g/mol. The zero-order chi connectivity index (χ0) is 20.4. The Hall–Kier alpha value is -2.21. The molecule has 0 N–H and O–H groups in total. The molecule has 29 heavy (non-hydrogen) atoms.